The van der Waals surface area contributed by atoms with E-state index in [9.17, 15) is 22.4 Å². The Morgan fingerprint density at radius 3 is 2.80 bits per heavy atom. The summed E-state index contributed by atoms with van der Waals surface area (Å²) >= 11 is 0. The van der Waals surface area contributed by atoms with E-state index in [2.05, 4.69) is 14.7 Å². The van der Waals surface area contributed by atoms with E-state index < -0.39 is 36.3 Å². The van der Waals surface area contributed by atoms with E-state index >= 15 is 0 Å². The molecule has 2 aromatic heterocycles. The van der Waals surface area contributed by atoms with Crippen molar-refractivity contribution in [1.29, 1.82) is 0 Å². The lowest BCUT2D eigenvalue weighted by Crippen LogP contribution is -2.49. The third-order valence-corrected chi connectivity index (χ3v) is 6.27. The number of carbonyl (C=O) groups excluding carboxylic acids is 1. The molecule has 1 fully saturated rings. The van der Waals surface area contributed by atoms with Gasteiger partial charge in [-0.25, -0.2) is 14.4 Å². The number of rotatable bonds is 2. The number of nitrogens with two attached hydrogens (primary N) is 1. The first-order valence-electron chi connectivity index (χ1n) is 10.7. The summed E-state index contributed by atoms with van der Waals surface area (Å²) in [5.74, 6) is -0.467. The second-order valence-electron chi connectivity index (χ2n) is 8.49. The van der Waals surface area contributed by atoms with Gasteiger partial charge in [-0.05, 0) is 30.3 Å². The molecule has 2 N–H and O–H groups in total. The zero-order valence-electron chi connectivity index (χ0n) is 17.9. The minimum absolute atomic E-state index is 0.00909. The number of halogens is 4. The predicted octanol–water partition coefficient (Wildman–Crippen LogP) is 4.05. The number of ether oxygens (including phenoxy) is 2. The van der Waals surface area contributed by atoms with Gasteiger partial charge < -0.3 is 20.1 Å². The maximum atomic E-state index is 14.7. The fourth-order valence-corrected chi connectivity index (χ4v) is 4.87. The number of likely N-dealkylation sites (tertiary alicyclic amines) is 1. The molecule has 0 bridgehead atoms. The number of piperidine rings is 1. The average molecular weight is 487 g/mol. The molecule has 35 heavy (non-hydrogen) atoms. The monoisotopic (exact) mass is 487 g/mol. The van der Waals surface area contributed by atoms with Gasteiger partial charge >= 0.3 is 6.36 Å². The zero-order valence-corrected chi connectivity index (χ0v) is 17.9. The number of carbonyl (C=O) groups is 1. The molecule has 1 amide bonds. The molecule has 2 unspecified atom stereocenters. The van der Waals surface area contributed by atoms with E-state index in [4.69, 9.17) is 10.5 Å². The number of benzene rings is 2. The van der Waals surface area contributed by atoms with Crippen molar-refractivity contribution >= 4 is 28.3 Å². The Kier molecular flexibility index (Phi) is 4.57. The number of alkyl halides is 4. The molecule has 0 saturated carbocycles. The number of nitrogens with zero attached hydrogens (tertiary/aromatic N) is 4. The summed E-state index contributed by atoms with van der Waals surface area (Å²) in [4.78, 5) is 23.4. The molecule has 1 saturated heterocycles. The lowest BCUT2D eigenvalue weighted by atomic mass is 9.92. The van der Waals surface area contributed by atoms with Gasteiger partial charge in [-0.15, -0.1) is 13.2 Å². The van der Waals surface area contributed by atoms with Crippen LogP contribution in [-0.4, -0.2) is 50.4 Å². The van der Waals surface area contributed by atoms with Gasteiger partial charge in [0.1, 0.15) is 35.1 Å². The van der Waals surface area contributed by atoms with E-state index in [-0.39, 0.29) is 24.3 Å². The van der Waals surface area contributed by atoms with E-state index in [0.29, 0.717) is 27.9 Å². The number of nitrogen functional groups attached to an aromatic ring is 1. The molecule has 12 heteroatoms. The minimum atomic E-state index is -4.86. The topological polar surface area (TPSA) is 95.0 Å². The van der Waals surface area contributed by atoms with Gasteiger partial charge in [0.15, 0.2) is 0 Å². The van der Waals surface area contributed by atoms with Crippen molar-refractivity contribution in [3.8, 4) is 11.5 Å². The molecule has 4 aromatic rings. The third kappa shape index (κ3) is 3.56. The molecule has 0 aliphatic carbocycles. The summed E-state index contributed by atoms with van der Waals surface area (Å²) in [5.41, 5.74) is 8.49. The molecule has 4 heterocycles. The molecule has 0 spiro atoms. The maximum absolute atomic E-state index is 14.7. The van der Waals surface area contributed by atoms with Gasteiger partial charge in [0.25, 0.3) is 5.91 Å². The van der Waals surface area contributed by atoms with E-state index in [1.165, 1.54) is 11.0 Å². The fourth-order valence-electron chi connectivity index (χ4n) is 4.87. The highest BCUT2D eigenvalue weighted by atomic mass is 19.4. The fraction of sp³-hybridized carbons (Fsp3) is 0.261. The molecule has 2 aromatic carbocycles. The standard InChI is InChI=1S/C23H17F4N5O3/c24-12-6-19-20(14-3-2-13(7-18(14)34-19)35-23(25,26)27)31(9-12)22(33)11-1-4-15-16(5-11)32-10-29-8-17(32)21(28)30-15/h1-5,7-8,10,12,19-20H,6,9H2,(H2,28,30)/t12-,19?,20?/m1/s1. The minimum Gasteiger partial charge on any atom is -0.487 e. The molecular formula is C23H17F4N5O3. The van der Waals surface area contributed by atoms with Gasteiger partial charge in [0.05, 0.1) is 36.1 Å². The SMILES string of the molecule is Nc1nc2ccc(C(=O)N3C[C@H](F)CC4Oc5cc(OC(F)(F)F)ccc5C43)cc2n2cncc12. The molecule has 3 atom stereocenters. The van der Waals surface area contributed by atoms with Crippen LogP contribution in [0.15, 0.2) is 48.9 Å². The van der Waals surface area contributed by atoms with Crippen molar-refractivity contribution in [1.82, 2.24) is 19.3 Å². The second kappa shape index (κ2) is 7.45. The van der Waals surface area contributed by atoms with Crippen LogP contribution in [-0.2, 0) is 0 Å². The summed E-state index contributed by atoms with van der Waals surface area (Å²) in [6.45, 7) is -0.178. The van der Waals surface area contributed by atoms with Crippen LogP contribution in [0, 0.1) is 0 Å². The molecular weight excluding hydrogens is 470 g/mol. The normalized spacial score (nSPS) is 21.6. The van der Waals surface area contributed by atoms with Crippen LogP contribution in [0.5, 0.6) is 11.5 Å². The molecule has 0 radical (unpaired) electrons. The van der Waals surface area contributed by atoms with Crippen molar-refractivity contribution in [2.75, 3.05) is 12.3 Å². The van der Waals surface area contributed by atoms with Gasteiger partial charge in [-0.1, -0.05) is 0 Å². The summed E-state index contributed by atoms with van der Waals surface area (Å²) < 4.78 is 64.0. The van der Waals surface area contributed by atoms with Crippen molar-refractivity contribution in [3.05, 3.63) is 60.0 Å². The van der Waals surface area contributed by atoms with Crippen molar-refractivity contribution in [3.63, 3.8) is 0 Å². The van der Waals surface area contributed by atoms with Crippen molar-refractivity contribution in [2.45, 2.75) is 31.1 Å². The number of hydrogen-bond acceptors (Lipinski definition) is 6. The quantitative estimate of drug-likeness (QED) is 0.429. The highest BCUT2D eigenvalue weighted by Gasteiger charge is 2.46. The van der Waals surface area contributed by atoms with Crippen LogP contribution in [0.3, 0.4) is 0 Å². The Bertz CT molecular complexity index is 1490. The average Bonchev–Trinajstić information content (AvgIpc) is 3.42. The number of fused-ring (bicyclic) bond motifs is 6. The lowest BCUT2D eigenvalue weighted by Gasteiger charge is -2.38. The van der Waals surface area contributed by atoms with E-state index in [1.54, 1.807) is 35.1 Å². The van der Waals surface area contributed by atoms with Gasteiger partial charge in [0, 0.05) is 23.6 Å². The smallest absolute Gasteiger partial charge is 0.487 e. The van der Waals surface area contributed by atoms with Crippen molar-refractivity contribution < 1.29 is 31.8 Å². The van der Waals surface area contributed by atoms with Gasteiger partial charge in [-0.3, -0.25) is 9.20 Å². The van der Waals surface area contributed by atoms with Gasteiger partial charge in [-0.2, -0.15) is 0 Å². The van der Waals surface area contributed by atoms with Gasteiger partial charge in [0.2, 0.25) is 0 Å². The Morgan fingerprint density at radius 1 is 1.17 bits per heavy atom. The summed E-state index contributed by atoms with van der Waals surface area (Å²) in [7, 11) is 0. The van der Waals surface area contributed by atoms with Crippen LogP contribution >= 0.6 is 0 Å². The van der Waals surface area contributed by atoms with Crippen LogP contribution < -0.4 is 15.2 Å². The Labute approximate surface area is 194 Å². The third-order valence-electron chi connectivity index (χ3n) is 6.27. The number of aromatic nitrogens is 3. The molecule has 2 aliphatic rings. The van der Waals surface area contributed by atoms with Crippen LogP contribution in [0.4, 0.5) is 23.4 Å². The highest BCUT2D eigenvalue weighted by molar-refractivity contribution is 5.98. The Hall–Kier alpha value is -4.09. The maximum Gasteiger partial charge on any atom is 0.573 e. The van der Waals surface area contributed by atoms with Crippen LogP contribution in [0.2, 0.25) is 0 Å². The Morgan fingerprint density at radius 2 is 2.00 bits per heavy atom. The number of imidazole rings is 1. The highest BCUT2D eigenvalue weighted by Crippen LogP contribution is 2.47. The summed E-state index contributed by atoms with van der Waals surface area (Å²) in [6.07, 6.45) is -3.83. The summed E-state index contributed by atoms with van der Waals surface area (Å²) in [5, 5.41) is 0. The predicted molar refractivity (Wildman–Crippen MR) is 116 cm³/mol. The summed E-state index contributed by atoms with van der Waals surface area (Å²) in [6, 6.07) is 7.88. The molecule has 8 nitrogen and oxygen atoms in total. The van der Waals surface area contributed by atoms with Crippen LogP contribution in [0.25, 0.3) is 16.6 Å². The first-order chi connectivity index (χ1) is 16.7. The number of amides is 1. The molecule has 6 rings (SSSR count). The molecule has 2 aliphatic heterocycles. The van der Waals surface area contributed by atoms with E-state index in [1.807, 2.05) is 0 Å². The van der Waals surface area contributed by atoms with Crippen LogP contribution in [0.1, 0.15) is 28.4 Å². The second-order valence-corrected chi connectivity index (χ2v) is 8.49. The number of hydrogen-bond donors (Lipinski definition) is 1. The largest absolute Gasteiger partial charge is 0.573 e. The van der Waals surface area contributed by atoms with E-state index in [0.717, 1.165) is 12.1 Å². The number of anilines is 1. The Balaban J connectivity index is 1.38. The van der Waals surface area contributed by atoms with Crippen molar-refractivity contribution in [2.24, 2.45) is 0 Å². The zero-order chi connectivity index (χ0) is 24.5. The first kappa shape index (κ1) is 21.4. The first-order valence-corrected chi connectivity index (χ1v) is 10.7. The lowest BCUT2D eigenvalue weighted by molar-refractivity contribution is -0.274. The molecule has 180 valence electrons.